The Morgan fingerprint density at radius 2 is 2.00 bits per heavy atom. The Balaban J connectivity index is 3.02. The molecule has 1 aromatic rings. The van der Waals surface area contributed by atoms with Crippen LogP contribution in [0.15, 0.2) is 22.7 Å². The molecule has 0 radical (unpaired) electrons. The van der Waals surface area contributed by atoms with Gasteiger partial charge in [-0.3, -0.25) is 4.79 Å². The topological polar surface area (TPSA) is 49.3 Å². The van der Waals surface area contributed by atoms with Crippen LogP contribution >= 0.6 is 15.9 Å². The fourth-order valence-electron chi connectivity index (χ4n) is 1.55. The first-order valence-corrected chi connectivity index (χ1v) is 6.73. The van der Waals surface area contributed by atoms with Gasteiger partial charge in [-0.25, -0.2) is 0 Å². The predicted octanol–water partition coefficient (Wildman–Crippen LogP) is 4.38. The Bertz CT molecular complexity index is 505. The SMILES string of the molecule is CCC(C)(CNc1ccc(Br)cc1C(F)(F)F)C(=O)O. The quantitative estimate of drug-likeness (QED) is 0.825. The number of hydrogen-bond acceptors (Lipinski definition) is 2. The predicted molar refractivity (Wildman–Crippen MR) is 73.7 cm³/mol. The third-order valence-corrected chi connectivity index (χ3v) is 3.75. The molecular formula is C13H15BrF3NO2. The highest BCUT2D eigenvalue weighted by Crippen LogP contribution is 2.37. The lowest BCUT2D eigenvalue weighted by atomic mass is 9.87. The Hall–Kier alpha value is -1.24. The molecule has 7 heteroatoms. The fourth-order valence-corrected chi connectivity index (χ4v) is 1.91. The largest absolute Gasteiger partial charge is 0.481 e. The molecule has 2 N–H and O–H groups in total. The lowest BCUT2D eigenvalue weighted by Crippen LogP contribution is -2.34. The molecule has 1 rings (SSSR count). The van der Waals surface area contributed by atoms with Gasteiger partial charge in [0.05, 0.1) is 11.0 Å². The summed E-state index contributed by atoms with van der Waals surface area (Å²) in [6.45, 7) is 3.10. The van der Waals surface area contributed by atoms with Crippen LogP contribution in [-0.4, -0.2) is 17.6 Å². The molecular weight excluding hydrogens is 339 g/mol. The van der Waals surface area contributed by atoms with E-state index in [4.69, 9.17) is 5.11 Å². The first-order valence-electron chi connectivity index (χ1n) is 5.94. The van der Waals surface area contributed by atoms with Crippen molar-refractivity contribution in [1.29, 1.82) is 0 Å². The van der Waals surface area contributed by atoms with Gasteiger partial charge in [0.1, 0.15) is 0 Å². The normalized spacial score (nSPS) is 14.7. The van der Waals surface area contributed by atoms with E-state index in [1.54, 1.807) is 6.92 Å². The summed E-state index contributed by atoms with van der Waals surface area (Å²) >= 11 is 2.99. The molecule has 0 amide bonds. The highest BCUT2D eigenvalue weighted by atomic mass is 79.9. The van der Waals surface area contributed by atoms with Gasteiger partial charge in [0.15, 0.2) is 0 Å². The third-order valence-electron chi connectivity index (χ3n) is 3.25. The summed E-state index contributed by atoms with van der Waals surface area (Å²) < 4.78 is 39.0. The Morgan fingerprint density at radius 3 is 2.45 bits per heavy atom. The van der Waals surface area contributed by atoms with Gasteiger partial charge in [-0.2, -0.15) is 13.2 Å². The average molecular weight is 354 g/mol. The molecule has 0 heterocycles. The maximum Gasteiger partial charge on any atom is 0.418 e. The van der Waals surface area contributed by atoms with Crippen LogP contribution in [0.5, 0.6) is 0 Å². The number of carboxylic acids is 1. The molecule has 112 valence electrons. The van der Waals surface area contributed by atoms with Gasteiger partial charge in [0, 0.05) is 16.7 Å². The minimum atomic E-state index is -4.50. The summed E-state index contributed by atoms with van der Waals surface area (Å²) in [5.41, 5.74) is -2.06. The van der Waals surface area contributed by atoms with Crippen molar-refractivity contribution in [3.63, 3.8) is 0 Å². The molecule has 1 aromatic carbocycles. The van der Waals surface area contributed by atoms with Crippen LogP contribution in [-0.2, 0) is 11.0 Å². The molecule has 0 saturated carbocycles. The van der Waals surface area contributed by atoms with Crippen molar-refractivity contribution in [3.8, 4) is 0 Å². The number of rotatable bonds is 5. The smallest absolute Gasteiger partial charge is 0.418 e. The zero-order valence-corrected chi connectivity index (χ0v) is 12.6. The minimum Gasteiger partial charge on any atom is -0.481 e. The number of nitrogens with one attached hydrogen (secondary N) is 1. The maximum atomic E-state index is 12.9. The van der Waals surface area contributed by atoms with E-state index < -0.39 is 23.1 Å². The fraction of sp³-hybridized carbons (Fsp3) is 0.462. The second-order valence-corrected chi connectivity index (χ2v) is 5.68. The third kappa shape index (κ3) is 3.88. The number of benzene rings is 1. The van der Waals surface area contributed by atoms with Crippen LogP contribution in [0.2, 0.25) is 0 Å². The van der Waals surface area contributed by atoms with E-state index in [9.17, 15) is 18.0 Å². The van der Waals surface area contributed by atoms with E-state index in [2.05, 4.69) is 21.2 Å². The van der Waals surface area contributed by atoms with E-state index in [-0.39, 0.29) is 12.2 Å². The number of carbonyl (C=O) groups is 1. The Kier molecular flexibility index (Phi) is 5.07. The first kappa shape index (κ1) is 16.8. The van der Waals surface area contributed by atoms with E-state index in [0.717, 1.165) is 6.07 Å². The molecule has 0 aliphatic heterocycles. The van der Waals surface area contributed by atoms with Gasteiger partial charge in [0.2, 0.25) is 0 Å². The molecule has 0 aromatic heterocycles. The van der Waals surface area contributed by atoms with Crippen molar-refractivity contribution in [2.24, 2.45) is 5.41 Å². The van der Waals surface area contributed by atoms with Crippen molar-refractivity contribution >= 4 is 27.6 Å². The van der Waals surface area contributed by atoms with Crippen molar-refractivity contribution in [2.45, 2.75) is 26.4 Å². The maximum absolute atomic E-state index is 12.9. The van der Waals surface area contributed by atoms with Crippen LogP contribution in [0, 0.1) is 5.41 Å². The van der Waals surface area contributed by atoms with Crippen LogP contribution in [0.25, 0.3) is 0 Å². The van der Waals surface area contributed by atoms with Crippen molar-refractivity contribution in [1.82, 2.24) is 0 Å². The Morgan fingerprint density at radius 1 is 1.40 bits per heavy atom. The average Bonchev–Trinajstić information content (AvgIpc) is 2.35. The van der Waals surface area contributed by atoms with Crippen molar-refractivity contribution in [2.75, 3.05) is 11.9 Å². The lowest BCUT2D eigenvalue weighted by Gasteiger charge is -2.25. The summed E-state index contributed by atoms with van der Waals surface area (Å²) in [6.07, 6.45) is -4.19. The summed E-state index contributed by atoms with van der Waals surface area (Å²) in [7, 11) is 0. The molecule has 3 nitrogen and oxygen atoms in total. The van der Waals surface area contributed by atoms with Crippen LogP contribution in [0.1, 0.15) is 25.8 Å². The molecule has 1 unspecified atom stereocenters. The summed E-state index contributed by atoms with van der Waals surface area (Å²) in [4.78, 5) is 11.1. The number of halogens is 4. The second-order valence-electron chi connectivity index (χ2n) is 4.76. The molecule has 0 aliphatic rings. The van der Waals surface area contributed by atoms with E-state index in [0.29, 0.717) is 10.9 Å². The molecule has 0 bridgehead atoms. The number of aliphatic carboxylic acids is 1. The van der Waals surface area contributed by atoms with Gasteiger partial charge in [-0.05, 0) is 31.5 Å². The molecule has 0 spiro atoms. The zero-order valence-electron chi connectivity index (χ0n) is 11.0. The van der Waals surface area contributed by atoms with Gasteiger partial charge in [-0.1, -0.05) is 22.9 Å². The molecule has 0 saturated heterocycles. The highest BCUT2D eigenvalue weighted by molar-refractivity contribution is 9.10. The van der Waals surface area contributed by atoms with Crippen molar-refractivity contribution in [3.05, 3.63) is 28.2 Å². The monoisotopic (exact) mass is 353 g/mol. The lowest BCUT2D eigenvalue weighted by molar-refractivity contribution is -0.147. The minimum absolute atomic E-state index is 0.0798. The number of alkyl halides is 3. The number of anilines is 1. The van der Waals surface area contributed by atoms with Crippen LogP contribution in [0.4, 0.5) is 18.9 Å². The summed E-state index contributed by atoms with van der Waals surface area (Å²) in [5, 5.41) is 11.7. The number of carboxylic acid groups (broad SMARTS) is 1. The van der Waals surface area contributed by atoms with Crippen molar-refractivity contribution < 1.29 is 23.1 Å². The standard InChI is InChI=1S/C13H15BrF3NO2/c1-3-12(2,11(19)20)7-18-10-5-4-8(14)6-9(10)13(15,16)17/h4-6,18H,3,7H2,1-2H3,(H,19,20). The van der Waals surface area contributed by atoms with E-state index in [1.165, 1.54) is 19.1 Å². The first-order chi connectivity index (χ1) is 9.10. The molecule has 0 aliphatic carbocycles. The highest BCUT2D eigenvalue weighted by Gasteiger charge is 2.35. The zero-order chi connectivity index (χ0) is 15.6. The summed E-state index contributed by atoms with van der Waals surface area (Å²) in [6, 6.07) is 3.72. The van der Waals surface area contributed by atoms with Gasteiger partial charge >= 0.3 is 12.1 Å². The number of hydrogen-bond donors (Lipinski definition) is 2. The molecule has 0 fully saturated rings. The molecule has 20 heavy (non-hydrogen) atoms. The van der Waals surface area contributed by atoms with Gasteiger partial charge in [0.25, 0.3) is 0 Å². The van der Waals surface area contributed by atoms with Gasteiger partial charge in [-0.15, -0.1) is 0 Å². The second kappa shape index (κ2) is 6.03. The van der Waals surface area contributed by atoms with Gasteiger partial charge < -0.3 is 10.4 Å². The molecule has 1 atom stereocenters. The van der Waals surface area contributed by atoms with Crippen LogP contribution in [0.3, 0.4) is 0 Å². The van der Waals surface area contributed by atoms with E-state index in [1.807, 2.05) is 0 Å². The summed E-state index contributed by atoms with van der Waals surface area (Å²) in [5.74, 6) is -1.04. The van der Waals surface area contributed by atoms with Crippen LogP contribution < -0.4 is 5.32 Å². The Labute approximate surface area is 123 Å². The van der Waals surface area contributed by atoms with E-state index >= 15 is 0 Å².